The van der Waals surface area contributed by atoms with E-state index in [9.17, 15) is 4.79 Å². The van der Waals surface area contributed by atoms with Crippen LogP contribution in [0.3, 0.4) is 0 Å². The van der Waals surface area contributed by atoms with E-state index in [1.807, 2.05) is 58.0 Å². The minimum atomic E-state index is -0.460. The van der Waals surface area contributed by atoms with Gasteiger partial charge in [0.05, 0.1) is 0 Å². The van der Waals surface area contributed by atoms with E-state index < -0.39 is 5.60 Å². The Balaban J connectivity index is 2.32. The third-order valence-electron chi connectivity index (χ3n) is 2.49. The number of ether oxygens (including phenoxy) is 1. The predicted molar refractivity (Wildman–Crippen MR) is 84.1 cm³/mol. The third-order valence-corrected chi connectivity index (χ3v) is 2.89. The second-order valence-corrected chi connectivity index (χ2v) is 6.04. The van der Waals surface area contributed by atoms with Gasteiger partial charge in [-0.3, -0.25) is 0 Å². The summed E-state index contributed by atoms with van der Waals surface area (Å²) >= 11 is 6.05. The van der Waals surface area contributed by atoms with Gasteiger partial charge in [-0.15, -0.1) is 0 Å². The summed E-state index contributed by atoms with van der Waals surface area (Å²) in [4.78, 5) is 11.4. The second-order valence-electron chi connectivity index (χ2n) is 5.63. The Morgan fingerprint density at radius 2 is 2.10 bits per heavy atom. The van der Waals surface area contributed by atoms with Crippen LogP contribution < -0.4 is 5.32 Å². The van der Waals surface area contributed by atoms with Gasteiger partial charge in [-0.25, -0.2) is 4.79 Å². The first-order chi connectivity index (χ1) is 9.28. The van der Waals surface area contributed by atoms with E-state index in [2.05, 4.69) is 5.32 Å². The molecule has 0 heterocycles. The highest BCUT2D eigenvalue weighted by molar-refractivity contribution is 6.31. The minimum Gasteiger partial charge on any atom is -0.444 e. The quantitative estimate of drug-likeness (QED) is 0.826. The molecule has 0 fully saturated rings. The smallest absolute Gasteiger partial charge is 0.407 e. The van der Waals surface area contributed by atoms with Crippen molar-refractivity contribution in [3.05, 3.63) is 40.4 Å². The molecular formula is C16H22ClNO2. The molecule has 20 heavy (non-hydrogen) atoms. The Kier molecular flexibility index (Phi) is 6.08. The number of hydrogen-bond donors (Lipinski definition) is 1. The highest BCUT2D eigenvalue weighted by Crippen LogP contribution is 2.17. The van der Waals surface area contributed by atoms with Crippen molar-refractivity contribution < 1.29 is 9.53 Å². The van der Waals surface area contributed by atoms with E-state index in [4.69, 9.17) is 16.3 Å². The molecule has 1 rings (SSSR count). The van der Waals surface area contributed by atoms with Gasteiger partial charge in [0.2, 0.25) is 0 Å². The number of rotatable bonds is 4. The van der Waals surface area contributed by atoms with Crippen LogP contribution in [0.5, 0.6) is 0 Å². The van der Waals surface area contributed by atoms with Crippen LogP contribution in [0.25, 0.3) is 6.08 Å². The first-order valence-electron chi connectivity index (χ1n) is 6.67. The zero-order valence-corrected chi connectivity index (χ0v) is 13.3. The van der Waals surface area contributed by atoms with Gasteiger partial charge in [0.15, 0.2) is 0 Å². The molecule has 0 saturated carbocycles. The standard InChI is InChI=1S/C16H22ClNO2/c1-12-8-9-13(11-14(12)17)7-5-6-10-18-15(19)20-16(2,3)4/h5,7-9,11H,6,10H2,1-4H3,(H,18,19). The molecule has 1 aromatic carbocycles. The molecule has 1 amide bonds. The summed E-state index contributed by atoms with van der Waals surface area (Å²) < 4.78 is 5.14. The predicted octanol–water partition coefficient (Wildman–Crippen LogP) is 4.58. The summed E-state index contributed by atoms with van der Waals surface area (Å²) in [5.41, 5.74) is 1.66. The number of halogens is 1. The van der Waals surface area contributed by atoms with Gasteiger partial charge in [-0.1, -0.05) is 35.9 Å². The monoisotopic (exact) mass is 295 g/mol. The third kappa shape index (κ3) is 6.62. The summed E-state index contributed by atoms with van der Waals surface area (Å²) in [7, 11) is 0. The summed E-state index contributed by atoms with van der Waals surface area (Å²) in [6.07, 6.45) is 4.34. The summed E-state index contributed by atoms with van der Waals surface area (Å²) in [6.45, 7) is 8.04. The van der Waals surface area contributed by atoms with Crippen LogP contribution in [-0.4, -0.2) is 18.2 Å². The highest BCUT2D eigenvalue weighted by atomic mass is 35.5. The van der Waals surface area contributed by atoms with Crippen molar-refractivity contribution in [3.8, 4) is 0 Å². The van der Waals surface area contributed by atoms with Crippen molar-refractivity contribution in [1.29, 1.82) is 0 Å². The van der Waals surface area contributed by atoms with E-state index in [0.717, 1.165) is 22.6 Å². The number of carbonyl (C=O) groups excluding carboxylic acids is 1. The van der Waals surface area contributed by atoms with Gasteiger partial charge in [-0.2, -0.15) is 0 Å². The molecule has 0 aliphatic rings. The summed E-state index contributed by atoms with van der Waals surface area (Å²) in [5.74, 6) is 0. The van der Waals surface area contributed by atoms with Crippen molar-refractivity contribution in [2.75, 3.05) is 6.54 Å². The lowest BCUT2D eigenvalue weighted by atomic mass is 10.1. The number of benzene rings is 1. The zero-order valence-electron chi connectivity index (χ0n) is 12.5. The molecule has 110 valence electrons. The molecule has 1 aromatic rings. The molecular weight excluding hydrogens is 274 g/mol. The molecule has 0 spiro atoms. The van der Waals surface area contributed by atoms with Crippen LogP contribution in [0.1, 0.15) is 38.3 Å². The Labute approximate surface area is 126 Å². The summed E-state index contributed by atoms with van der Waals surface area (Å²) in [5, 5.41) is 3.47. The first-order valence-corrected chi connectivity index (χ1v) is 7.05. The maximum absolute atomic E-state index is 11.4. The largest absolute Gasteiger partial charge is 0.444 e. The van der Waals surface area contributed by atoms with Crippen LogP contribution in [0, 0.1) is 6.92 Å². The average Bonchev–Trinajstić information content (AvgIpc) is 2.31. The number of aryl methyl sites for hydroxylation is 1. The average molecular weight is 296 g/mol. The van der Waals surface area contributed by atoms with Crippen molar-refractivity contribution >= 4 is 23.8 Å². The van der Waals surface area contributed by atoms with Crippen molar-refractivity contribution in [2.45, 2.75) is 39.7 Å². The zero-order chi connectivity index (χ0) is 15.2. The van der Waals surface area contributed by atoms with Gasteiger partial charge in [0.25, 0.3) is 0 Å². The van der Waals surface area contributed by atoms with Gasteiger partial charge < -0.3 is 10.1 Å². The SMILES string of the molecule is Cc1ccc(C=CCCNC(=O)OC(C)(C)C)cc1Cl. The van der Waals surface area contributed by atoms with E-state index in [-0.39, 0.29) is 6.09 Å². The molecule has 3 nitrogen and oxygen atoms in total. The molecule has 0 aliphatic heterocycles. The molecule has 0 atom stereocenters. The molecule has 0 saturated heterocycles. The number of nitrogens with one attached hydrogen (secondary N) is 1. The number of alkyl carbamates (subject to hydrolysis) is 1. The molecule has 0 aliphatic carbocycles. The second kappa shape index (κ2) is 7.34. The number of amides is 1. The topological polar surface area (TPSA) is 38.3 Å². The van der Waals surface area contributed by atoms with Gasteiger partial charge in [-0.05, 0) is 51.3 Å². The van der Waals surface area contributed by atoms with E-state index in [0.29, 0.717) is 6.54 Å². The van der Waals surface area contributed by atoms with Crippen LogP contribution >= 0.6 is 11.6 Å². The lowest BCUT2D eigenvalue weighted by Crippen LogP contribution is -2.32. The van der Waals surface area contributed by atoms with Gasteiger partial charge >= 0.3 is 6.09 Å². The lowest BCUT2D eigenvalue weighted by molar-refractivity contribution is 0.0529. The van der Waals surface area contributed by atoms with Crippen LogP contribution in [0.15, 0.2) is 24.3 Å². The number of carbonyl (C=O) groups is 1. The maximum atomic E-state index is 11.4. The van der Waals surface area contributed by atoms with Crippen molar-refractivity contribution in [2.24, 2.45) is 0 Å². The fourth-order valence-corrected chi connectivity index (χ4v) is 1.69. The van der Waals surface area contributed by atoms with Crippen LogP contribution in [0.2, 0.25) is 5.02 Å². The first kappa shape index (κ1) is 16.6. The Hall–Kier alpha value is -1.48. The fourth-order valence-electron chi connectivity index (χ4n) is 1.50. The molecule has 4 heteroatoms. The van der Waals surface area contributed by atoms with E-state index >= 15 is 0 Å². The molecule has 1 N–H and O–H groups in total. The molecule has 0 aromatic heterocycles. The van der Waals surface area contributed by atoms with E-state index in [1.54, 1.807) is 0 Å². The summed E-state index contributed by atoms with van der Waals surface area (Å²) in [6, 6.07) is 5.93. The van der Waals surface area contributed by atoms with Crippen LogP contribution in [0.4, 0.5) is 4.79 Å². The molecule has 0 unspecified atom stereocenters. The van der Waals surface area contributed by atoms with Crippen molar-refractivity contribution in [3.63, 3.8) is 0 Å². The maximum Gasteiger partial charge on any atom is 0.407 e. The normalized spacial score (nSPS) is 11.7. The number of hydrogen-bond acceptors (Lipinski definition) is 2. The van der Waals surface area contributed by atoms with Crippen molar-refractivity contribution in [1.82, 2.24) is 5.32 Å². The Bertz CT molecular complexity index is 490. The molecule has 0 bridgehead atoms. The van der Waals surface area contributed by atoms with Gasteiger partial charge in [0, 0.05) is 11.6 Å². The highest BCUT2D eigenvalue weighted by Gasteiger charge is 2.15. The fraction of sp³-hybridized carbons (Fsp3) is 0.438. The van der Waals surface area contributed by atoms with Gasteiger partial charge in [0.1, 0.15) is 5.60 Å². The van der Waals surface area contributed by atoms with Crippen LogP contribution in [-0.2, 0) is 4.74 Å². The minimum absolute atomic E-state index is 0.385. The Morgan fingerprint density at radius 3 is 2.70 bits per heavy atom. The molecule has 0 radical (unpaired) electrons. The Morgan fingerprint density at radius 1 is 1.40 bits per heavy atom. The lowest BCUT2D eigenvalue weighted by Gasteiger charge is -2.19. The van der Waals surface area contributed by atoms with E-state index in [1.165, 1.54) is 0 Å².